The molecule has 1 aromatic carbocycles. The van der Waals surface area contributed by atoms with Crippen LogP contribution in [0.3, 0.4) is 0 Å². The Balaban J connectivity index is 1.86. The van der Waals surface area contributed by atoms with Crippen LogP contribution in [0.1, 0.15) is 28.9 Å². The number of benzene rings is 1. The van der Waals surface area contributed by atoms with Gasteiger partial charge in [0.1, 0.15) is 5.82 Å². The van der Waals surface area contributed by atoms with Crippen molar-refractivity contribution in [3.8, 4) is 0 Å². The quantitative estimate of drug-likeness (QED) is 0.797. The number of carbonyl (C=O) groups excluding carboxylic acids is 2. The Labute approximate surface area is 122 Å². The zero-order valence-electron chi connectivity index (χ0n) is 11.5. The summed E-state index contributed by atoms with van der Waals surface area (Å²) in [7, 11) is 0. The molecule has 0 atom stereocenters. The molecule has 21 heavy (non-hydrogen) atoms. The van der Waals surface area contributed by atoms with Gasteiger partial charge in [0, 0.05) is 18.4 Å². The molecule has 5 heteroatoms. The number of nitrogens with one attached hydrogen (secondary N) is 1. The first-order valence-corrected chi connectivity index (χ1v) is 6.64. The van der Waals surface area contributed by atoms with Crippen LogP contribution in [0.25, 0.3) is 0 Å². The van der Waals surface area contributed by atoms with Gasteiger partial charge in [-0.05, 0) is 12.1 Å². The average molecular weight is 284 g/mol. The monoisotopic (exact) mass is 284 g/mol. The summed E-state index contributed by atoms with van der Waals surface area (Å²) >= 11 is 0. The molecule has 1 aromatic heterocycles. The molecule has 0 spiro atoms. The molecule has 2 aromatic rings. The molecule has 0 fully saturated rings. The number of ketones is 1. The van der Waals surface area contributed by atoms with Gasteiger partial charge in [-0.3, -0.25) is 9.59 Å². The standard InChI is InChI=1S/C16H16N2O3/c19-11-13-7-4-8-15(17-13)18-16(21)10-9-14(20)12-5-2-1-3-6-12/h1-8,19H,9-11H2,(H,17,18,21). The van der Waals surface area contributed by atoms with Crippen LogP contribution in [0.15, 0.2) is 48.5 Å². The van der Waals surface area contributed by atoms with E-state index in [1.54, 1.807) is 42.5 Å². The third-order valence-electron chi connectivity index (χ3n) is 2.91. The van der Waals surface area contributed by atoms with E-state index in [0.29, 0.717) is 17.1 Å². The summed E-state index contributed by atoms with van der Waals surface area (Å²) in [6.45, 7) is -0.184. The van der Waals surface area contributed by atoms with Crippen LogP contribution >= 0.6 is 0 Å². The predicted octanol–water partition coefficient (Wildman–Crippen LogP) is 2.18. The van der Waals surface area contributed by atoms with Gasteiger partial charge in [-0.15, -0.1) is 0 Å². The van der Waals surface area contributed by atoms with Crippen molar-refractivity contribution in [1.82, 2.24) is 4.98 Å². The minimum Gasteiger partial charge on any atom is -0.390 e. The first kappa shape index (κ1) is 14.9. The Hall–Kier alpha value is -2.53. The number of carbonyl (C=O) groups is 2. The Morgan fingerprint density at radius 2 is 1.76 bits per heavy atom. The van der Waals surface area contributed by atoms with E-state index in [-0.39, 0.29) is 31.1 Å². The molecule has 0 saturated heterocycles. The second kappa shape index (κ2) is 7.31. The van der Waals surface area contributed by atoms with Crippen LogP contribution in [0, 0.1) is 0 Å². The number of hydrogen-bond acceptors (Lipinski definition) is 4. The highest BCUT2D eigenvalue weighted by molar-refractivity contribution is 5.99. The number of rotatable bonds is 6. The number of aromatic nitrogens is 1. The molecule has 108 valence electrons. The van der Waals surface area contributed by atoms with Crippen molar-refractivity contribution < 1.29 is 14.7 Å². The first-order chi connectivity index (χ1) is 10.2. The van der Waals surface area contributed by atoms with Gasteiger partial charge in [0.25, 0.3) is 0 Å². The zero-order chi connectivity index (χ0) is 15.1. The fourth-order valence-corrected chi connectivity index (χ4v) is 1.84. The first-order valence-electron chi connectivity index (χ1n) is 6.64. The van der Waals surface area contributed by atoms with Crippen molar-refractivity contribution in [1.29, 1.82) is 0 Å². The van der Waals surface area contributed by atoms with Crippen molar-refractivity contribution in [2.45, 2.75) is 19.4 Å². The van der Waals surface area contributed by atoms with Crippen LogP contribution < -0.4 is 5.32 Å². The lowest BCUT2D eigenvalue weighted by Gasteiger charge is -2.05. The highest BCUT2D eigenvalue weighted by Gasteiger charge is 2.09. The molecule has 0 bridgehead atoms. The van der Waals surface area contributed by atoms with Gasteiger partial charge in [0.15, 0.2) is 5.78 Å². The maximum absolute atomic E-state index is 11.9. The number of nitrogens with zero attached hydrogens (tertiary/aromatic N) is 1. The highest BCUT2D eigenvalue weighted by Crippen LogP contribution is 2.08. The summed E-state index contributed by atoms with van der Waals surface area (Å²) in [4.78, 5) is 27.7. The molecule has 0 aliphatic carbocycles. The largest absolute Gasteiger partial charge is 0.390 e. The van der Waals surface area contributed by atoms with Gasteiger partial charge in [-0.25, -0.2) is 4.98 Å². The van der Waals surface area contributed by atoms with Gasteiger partial charge in [-0.1, -0.05) is 36.4 Å². The number of Topliss-reactive ketones (excluding diaryl/α,β-unsaturated/α-hetero) is 1. The minimum absolute atomic E-state index is 0.0668. The number of pyridine rings is 1. The van der Waals surface area contributed by atoms with Gasteiger partial charge >= 0.3 is 0 Å². The second-order valence-electron chi connectivity index (χ2n) is 4.51. The van der Waals surface area contributed by atoms with Crippen molar-refractivity contribution in [2.24, 2.45) is 0 Å². The summed E-state index contributed by atoms with van der Waals surface area (Å²) in [5.41, 5.74) is 1.08. The van der Waals surface area contributed by atoms with Crippen LogP contribution in [-0.2, 0) is 11.4 Å². The van der Waals surface area contributed by atoms with Gasteiger partial charge in [0.2, 0.25) is 5.91 Å². The van der Waals surface area contributed by atoms with Crippen LogP contribution in [0.2, 0.25) is 0 Å². The third kappa shape index (κ3) is 4.50. The lowest BCUT2D eigenvalue weighted by Crippen LogP contribution is -2.14. The average Bonchev–Trinajstić information content (AvgIpc) is 2.53. The Morgan fingerprint density at radius 3 is 2.48 bits per heavy atom. The SMILES string of the molecule is O=C(CCC(=O)c1ccccc1)Nc1cccc(CO)n1. The molecular formula is C16H16N2O3. The molecule has 2 N–H and O–H groups in total. The molecule has 0 unspecified atom stereocenters. The maximum Gasteiger partial charge on any atom is 0.225 e. The van der Waals surface area contributed by atoms with E-state index in [0.717, 1.165) is 0 Å². The number of amides is 1. The van der Waals surface area contributed by atoms with Crippen molar-refractivity contribution in [2.75, 3.05) is 5.32 Å². The summed E-state index contributed by atoms with van der Waals surface area (Å²) in [5, 5.41) is 11.6. The number of aliphatic hydroxyl groups is 1. The van der Waals surface area contributed by atoms with Gasteiger partial charge in [-0.2, -0.15) is 0 Å². The third-order valence-corrected chi connectivity index (χ3v) is 2.91. The number of aliphatic hydroxyl groups excluding tert-OH is 1. The fourth-order valence-electron chi connectivity index (χ4n) is 1.84. The van der Waals surface area contributed by atoms with E-state index >= 15 is 0 Å². The topological polar surface area (TPSA) is 79.3 Å². The van der Waals surface area contributed by atoms with Crippen molar-refractivity contribution in [3.63, 3.8) is 0 Å². The Morgan fingerprint density at radius 1 is 1.00 bits per heavy atom. The van der Waals surface area contributed by atoms with Crippen LogP contribution in [0.5, 0.6) is 0 Å². The highest BCUT2D eigenvalue weighted by atomic mass is 16.3. The maximum atomic E-state index is 11.9. The van der Waals surface area contributed by atoms with E-state index in [2.05, 4.69) is 10.3 Å². The second-order valence-corrected chi connectivity index (χ2v) is 4.51. The van der Waals surface area contributed by atoms with E-state index in [9.17, 15) is 9.59 Å². The predicted molar refractivity (Wildman–Crippen MR) is 78.8 cm³/mol. The summed E-state index contributed by atoms with van der Waals surface area (Å²) in [5.74, 6) is 0.0309. The molecule has 2 rings (SSSR count). The molecule has 1 heterocycles. The lowest BCUT2D eigenvalue weighted by molar-refractivity contribution is -0.116. The van der Waals surface area contributed by atoms with E-state index in [1.807, 2.05) is 6.07 Å². The molecule has 0 aliphatic heterocycles. The summed E-state index contributed by atoms with van der Waals surface area (Å²) < 4.78 is 0. The van der Waals surface area contributed by atoms with Gasteiger partial charge in [0.05, 0.1) is 12.3 Å². The molecule has 0 radical (unpaired) electrons. The van der Waals surface area contributed by atoms with Crippen molar-refractivity contribution in [3.05, 3.63) is 59.8 Å². The Bertz CT molecular complexity index is 626. The molecule has 5 nitrogen and oxygen atoms in total. The lowest BCUT2D eigenvalue weighted by atomic mass is 10.1. The Kier molecular flexibility index (Phi) is 5.17. The van der Waals surface area contributed by atoms with E-state index < -0.39 is 0 Å². The van der Waals surface area contributed by atoms with Gasteiger partial charge < -0.3 is 10.4 Å². The molecule has 1 amide bonds. The molecular weight excluding hydrogens is 268 g/mol. The smallest absolute Gasteiger partial charge is 0.225 e. The van der Waals surface area contributed by atoms with E-state index in [1.165, 1.54) is 0 Å². The summed E-state index contributed by atoms with van der Waals surface area (Å²) in [6, 6.07) is 13.9. The van der Waals surface area contributed by atoms with Crippen LogP contribution in [-0.4, -0.2) is 21.8 Å². The zero-order valence-corrected chi connectivity index (χ0v) is 11.5. The summed E-state index contributed by atoms with van der Waals surface area (Å²) in [6.07, 6.45) is 0.244. The van der Waals surface area contributed by atoms with Crippen molar-refractivity contribution >= 4 is 17.5 Å². The molecule has 0 saturated carbocycles. The van der Waals surface area contributed by atoms with Crippen LogP contribution in [0.4, 0.5) is 5.82 Å². The fraction of sp³-hybridized carbons (Fsp3) is 0.188. The molecule has 0 aliphatic rings. The number of hydrogen-bond donors (Lipinski definition) is 2. The minimum atomic E-state index is -0.276. The van der Waals surface area contributed by atoms with E-state index in [4.69, 9.17) is 5.11 Å². The number of anilines is 1. The normalized spacial score (nSPS) is 10.1.